The van der Waals surface area contributed by atoms with Gasteiger partial charge in [-0.05, 0) is 36.7 Å². The minimum absolute atomic E-state index is 0.174. The van der Waals surface area contributed by atoms with Crippen LogP contribution >= 0.6 is 0 Å². The van der Waals surface area contributed by atoms with E-state index in [1.807, 2.05) is 30.3 Å². The van der Waals surface area contributed by atoms with Crippen LogP contribution in [0.25, 0.3) is 11.1 Å². The number of para-hydroxylation sites is 1. The van der Waals surface area contributed by atoms with Crippen molar-refractivity contribution in [1.82, 2.24) is 5.32 Å². The molecule has 0 bridgehead atoms. The summed E-state index contributed by atoms with van der Waals surface area (Å²) in [6, 6.07) is 13.0. The van der Waals surface area contributed by atoms with Gasteiger partial charge in [-0.2, -0.15) is 0 Å². The maximum Gasteiger partial charge on any atom is 0.127 e. The Bertz CT molecular complexity index is 569. The van der Waals surface area contributed by atoms with Crippen molar-refractivity contribution in [2.45, 2.75) is 19.9 Å². The maximum absolute atomic E-state index is 13.8. The van der Waals surface area contributed by atoms with Gasteiger partial charge in [-0.1, -0.05) is 31.2 Å². The summed E-state index contributed by atoms with van der Waals surface area (Å²) >= 11 is 0. The maximum atomic E-state index is 13.8. The average Bonchev–Trinajstić information content (AvgIpc) is 2.49. The first-order valence-electron chi connectivity index (χ1n) is 6.88. The van der Waals surface area contributed by atoms with Crippen molar-refractivity contribution in [2.24, 2.45) is 0 Å². The molecule has 0 saturated heterocycles. The SMILES string of the molecule is CCCNCc1cc(-c2ccccc2OC)ccc1F. The fraction of sp³-hybridized carbons (Fsp3) is 0.294. The molecule has 2 aromatic carbocycles. The normalized spacial score (nSPS) is 10.6. The lowest BCUT2D eigenvalue weighted by atomic mass is 10.0. The Hall–Kier alpha value is -1.87. The van der Waals surface area contributed by atoms with Gasteiger partial charge in [0.2, 0.25) is 0 Å². The van der Waals surface area contributed by atoms with Crippen molar-refractivity contribution in [3.8, 4) is 16.9 Å². The lowest BCUT2D eigenvalue weighted by Crippen LogP contribution is -2.14. The molecule has 0 amide bonds. The van der Waals surface area contributed by atoms with Gasteiger partial charge >= 0.3 is 0 Å². The van der Waals surface area contributed by atoms with E-state index in [0.717, 1.165) is 29.8 Å². The molecule has 0 atom stereocenters. The second-order valence-electron chi connectivity index (χ2n) is 4.68. The van der Waals surface area contributed by atoms with Crippen molar-refractivity contribution >= 4 is 0 Å². The largest absolute Gasteiger partial charge is 0.496 e. The quantitative estimate of drug-likeness (QED) is 0.803. The first kappa shape index (κ1) is 14.5. The van der Waals surface area contributed by atoms with Gasteiger partial charge in [-0.3, -0.25) is 0 Å². The van der Waals surface area contributed by atoms with E-state index in [9.17, 15) is 4.39 Å². The van der Waals surface area contributed by atoms with E-state index >= 15 is 0 Å². The molecule has 0 aliphatic carbocycles. The van der Waals surface area contributed by atoms with Gasteiger partial charge in [0.05, 0.1) is 7.11 Å². The van der Waals surface area contributed by atoms with Crippen LogP contribution in [0.3, 0.4) is 0 Å². The van der Waals surface area contributed by atoms with Crippen molar-refractivity contribution in [3.63, 3.8) is 0 Å². The highest BCUT2D eigenvalue weighted by molar-refractivity contribution is 5.70. The third-order valence-electron chi connectivity index (χ3n) is 3.21. The Balaban J connectivity index is 2.30. The van der Waals surface area contributed by atoms with Gasteiger partial charge in [0.15, 0.2) is 0 Å². The second-order valence-corrected chi connectivity index (χ2v) is 4.68. The number of hydrogen-bond acceptors (Lipinski definition) is 2. The predicted molar refractivity (Wildman–Crippen MR) is 80.4 cm³/mol. The molecular weight excluding hydrogens is 253 g/mol. The van der Waals surface area contributed by atoms with Crippen molar-refractivity contribution in [2.75, 3.05) is 13.7 Å². The molecule has 3 heteroatoms. The summed E-state index contributed by atoms with van der Waals surface area (Å²) in [6.07, 6.45) is 1.04. The Morgan fingerprint density at radius 3 is 2.70 bits per heavy atom. The molecule has 0 fully saturated rings. The first-order chi connectivity index (χ1) is 9.76. The monoisotopic (exact) mass is 273 g/mol. The van der Waals surface area contributed by atoms with Crippen molar-refractivity contribution in [1.29, 1.82) is 0 Å². The Morgan fingerprint density at radius 1 is 1.15 bits per heavy atom. The minimum Gasteiger partial charge on any atom is -0.496 e. The number of methoxy groups -OCH3 is 1. The van der Waals surface area contributed by atoms with E-state index in [1.165, 1.54) is 6.07 Å². The lowest BCUT2D eigenvalue weighted by molar-refractivity contribution is 0.416. The van der Waals surface area contributed by atoms with E-state index in [4.69, 9.17) is 4.74 Å². The third-order valence-corrected chi connectivity index (χ3v) is 3.21. The molecule has 0 aromatic heterocycles. The molecule has 2 nitrogen and oxygen atoms in total. The third kappa shape index (κ3) is 3.36. The van der Waals surface area contributed by atoms with Gasteiger partial charge in [0.25, 0.3) is 0 Å². The van der Waals surface area contributed by atoms with E-state index in [-0.39, 0.29) is 5.82 Å². The van der Waals surface area contributed by atoms with Crippen molar-refractivity contribution in [3.05, 3.63) is 53.8 Å². The van der Waals surface area contributed by atoms with E-state index in [2.05, 4.69) is 12.2 Å². The zero-order valence-electron chi connectivity index (χ0n) is 11.9. The van der Waals surface area contributed by atoms with Gasteiger partial charge in [0.1, 0.15) is 11.6 Å². The Kier molecular flexibility index (Phi) is 5.13. The summed E-state index contributed by atoms with van der Waals surface area (Å²) in [5, 5.41) is 3.23. The van der Waals surface area contributed by atoms with Gasteiger partial charge in [-0.15, -0.1) is 0 Å². The predicted octanol–water partition coefficient (Wildman–Crippen LogP) is 4.00. The second kappa shape index (κ2) is 7.06. The summed E-state index contributed by atoms with van der Waals surface area (Å²) in [7, 11) is 1.64. The highest BCUT2D eigenvalue weighted by Crippen LogP contribution is 2.30. The number of hydrogen-bond donors (Lipinski definition) is 1. The summed E-state index contributed by atoms with van der Waals surface area (Å²) in [4.78, 5) is 0. The number of halogens is 1. The summed E-state index contributed by atoms with van der Waals surface area (Å²) in [6.45, 7) is 3.52. The highest BCUT2D eigenvalue weighted by atomic mass is 19.1. The first-order valence-corrected chi connectivity index (χ1v) is 6.88. The van der Waals surface area contributed by atoms with Crippen LogP contribution in [0.2, 0.25) is 0 Å². The number of benzene rings is 2. The van der Waals surface area contributed by atoms with Crippen LogP contribution < -0.4 is 10.1 Å². The van der Waals surface area contributed by atoms with Gasteiger partial charge < -0.3 is 10.1 Å². The highest BCUT2D eigenvalue weighted by Gasteiger charge is 2.08. The zero-order chi connectivity index (χ0) is 14.4. The average molecular weight is 273 g/mol. The summed E-state index contributed by atoms with van der Waals surface area (Å²) in [5.74, 6) is 0.624. The lowest BCUT2D eigenvalue weighted by Gasteiger charge is -2.11. The van der Waals surface area contributed by atoms with Gasteiger partial charge in [0, 0.05) is 17.7 Å². The molecule has 106 valence electrons. The number of rotatable bonds is 6. The van der Waals surface area contributed by atoms with E-state index in [1.54, 1.807) is 13.2 Å². The van der Waals surface area contributed by atoms with Crippen LogP contribution in [0.5, 0.6) is 5.75 Å². The molecule has 0 heterocycles. The smallest absolute Gasteiger partial charge is 0.127 e. The molecule has 20 heavy (non-hydrogen) atoms. The topological polar surface area (TPSA) is 21.3 Å². The van der Waals surface area contributed by atoms with Crippen LogP contribution in [0, 0.1) is 5.82 Å². The molecular formula is C17H20FNO. The van der Waals surface area contributed by atoms with Crippen LogP contribution in [0.1, 0.15) is 18.9 Å². The summed E-state index contributed by atoms with van der Waals surface area (Å²) < 4.78 is 19.2. The fourth-order valence-electron chi connectivity index (χ4n) is 2.16. The van der Waals surface area contributed by atoms with E-state index < -0.39 is 0 Å². The Labute approximate surface area is 119 Å². The van der Waals surface area contributed by atoms with Crippen LogP contribution in [-0.2, 0) is 6.54 Å². The molecule has 0 saturated carbocycles. The van der Waals surface area contributed by atoms with Crippen molar-refractivity contribution < 1.29 is 9.13 Å². The molecule has 0 radical (unpaired) electrons. The molecule has 1 N–H and O–H groups in total. The Morgan fingerprint density at radius 2 is 1.95 bits per heavy atom. The molecule has 0 aliphatic heterocycles. The van der Waals surface area contributed by atoms with Crippen LogP contribution in [0.4, 0.5) is 4.39 Å². The molecule has 0 unspecified atom stereocenters. The van der Waals surface area contributed by atoms with Gasteiger partial charge in [-0.25, -0.2) is 4.39 Å². The van der Waals surface area contributed by atoms with E-state index in [0.29, 0.717) is 12.1 Å². The van der Waals surface area contributed by atoms with Crippen LogP contribution in [-0.4, -0.2) is 13.7 Å². The molecule has 2 aromatic rings. The zero-order valence-corrected chi connectivity index (χ0v) is 11.9. The minimum atomic E-state index is -0.174. The summed E-state index contributed by atoms with van der Waals surface area (Å²) in [5.41, 5.74) is 2.63. The van der Waals surface area contributed by atoms with Crippen LogP contribution in [0.15, 0.2) is 42.5 Å². The number of nitrogens with one attached hydrogen (secondary N) is 1. The standard InChI is InChI=1S/C17H20FNO/c1-3-10-19-12-14-11-13(8-9-16(14)18)15-6-4-5-7-17(15)20-2/h4-9,11,19H,3,10,12H2,1-2H3. The fourth-order valence-corrected chi connectivity index (χ4v) is 2.16. The molecule has 0 spiro atoms. The number of ether oxygens (including phenoxy) is 1. The molecule has 0 aliphatic rings. The molecule has 2 rings (SSSR count).